The highest BCUT2D eigenvalue weighted by atomic mass is 16.5. The van der Waals surface area contributed by atoms with Gasteiger partial charge in [0.15, 0.2) is 0 Å². The largest absolute Gasteiger partial charge is 0.480 e. The first kappa shape index (κ1) is 22.3. The number of hydrogen-bond donors (Lipinski definition) is 3. The van der Waals surface area contributed by atoms with E-state index in [0.29, 0.717) is 0 Å². The number of fused-ring (bicyclic) bond motifs is 3. The fourth-order valence-electron chi connectivity index (χ4n) is 3.80. The topological polar surface area (TPSA) is 105 Å². The maximum Gasteiger partial charge on any atom is 0.407 e. The number of carboxylic acid groups (broad SMARTS) is 1. The number of benzene rings is 2. The maximum atomic E-state index is 12.5. The molecule has 0 aromatic heterocycles. The number of hydrogen-bond acceptors (Lipinski definition) is 4. The smallest absolute Gasteiger partial charge is 0.407 e. The number of alkyl carbamates (subject to hydrolysis) is 1. The Hall–Kier alpha value is -3.35. The van der Waals surface area contributed by atoms with Crippen molar-refractivity contribution in [2.24, 2.45) is 0 Å². The Morgan fingerprint density at radius 1 is 0.903 bits per heavy atom. The van der Waals surface area contributed by atoms with Crippen LogP contribution in [0, 0.1) is 0 Å². The highest BCUT2D eigenvalue weighted by molar-refractivity contribution is 5.87. The van der Waals surface area contributed by atoms with Gasteiger partial charge in [-0.05, 0) is 49.9 Å². The molecule has 1 aliphatic carbocycles. The van der Waals surface area contributed by atoms with Crippen LogP contribution >= 0.6 is 0 Å². The Bertz CT molecular complexity index is 967. The first-order valence-electron chi connectivity index (χ1n) is 10.2. The molecule has 0 fully saturated rings. The minimum absolute atomic E-state index is 0.0547. The van der Waals surface area contributed by atoms with E-state index in [9.17, 15) is 14.4 Å². The van der Waals surface area contributed by atoms with Gasteiger partial charge in [-0.25, -0.2) is 9.59 Å². The van der Waals surface area contributed by atoms with Gasteiger partial charge in [-0.3, -0.25) is 4.79 Å². The summed E-state index contributed by atoms with van der Waals surface area (Å²) in [5, 5.41) is 14.3. The van der Waals surface area contributed by atoms with Crippen molar-refractivity contribution in [1.82, 2.24) is 10.6 Å². The third-order valence-electron chi connectivity index (χ3n) is 5.37. The molecule has 0 saturated carbocycles. The highest BCUT2D eigenvalue weighted by Gasteiger charge is 2.33. The van der Waals surface area contributed by atoms with Gasteiger partial charge in [0.05, 0.1) is 0 Å². The van der Waals surface area contributed by atoms with Gasteiger partial charge in [0.2, 0.25) is 5.91 Å². The quantitative estimate of drug-likeness (QED) is 0.629. The average Bonchev–Trinajstić information content (AvgIpc) is 2.98. The van der Waals surface area contributed by atoms with Crippen LogP contribution in [-0.2, 0) is 14.3 Å². The van der Waals surface area contributed by atoms with Gasteiger partial charge in [-0.1, -0.05) is 48.5 Å². The second-order valence-corrected chi connectivity index (χ2v) is 8.99. The fourth-order valence-corrected chi connectivity index (χ4v) is 3.80. The molecule has 3 N–H and O–H groups in total. The summed E-state index contributed by atoms with van der Waals surface area (Å²) < 4.78 is 5.52. The van der Waals surface area contributed by atoms with Crippen LogP contribution in [-0.4, -0.2) is 40.8 Å². The summed E-state index contributed by atoms with van der Waals surface area (Å²) in [4.78, 5) is 35.9. The normalized spacial score (nSPS) is 13.2. The van der Waals surface area contributed by atoms with Gasteiger partial charge in [0, 0.05) is 17.9 Å². The van der Waals surface area contributed by atoms with E-state index in [1.54, 1.807) is 13.8 Å². The van der Waals surface area contributed by atoms with Gasteiger partial charge < -0.3 is 20.5 Å². The lowest BCUT2D eigenvalue weighted by atomic mass is 9.98. The number of carboxylic acids is 1. The van der Waals surface area contributed by atoms with Crippen LogP contribution in [0.1, 0.15) is 51.2 Å². The molecule has 0 atom stereocenters. The highest BCUT2D eigenvalue weighted by Crippen LogP contribution is 2.44. The lowest BCUT2D eigenvalue weighted by Crippen LogP contribution is -2.53. The van der Waals surface area contributed by atoms with Crippen LogP contribution in [0.25, 0.3) is 11.1 Å². The van der Waals surface area contributed by atoms with Crippen molar-refractivity contribution in [3.63, 3.8) is 0 Å². The van der Waals surface area contributed by atoms with Crippen LogP contribution in [0.15, 0.2) is 48.5 Å². The molecule has 1 aliphatic rings. The summed E-state index contributed by atoms with van der Waals surface area (Å²) in [5.74, 6) is -1.67. The molecule has 0 spiro atoms. The van der Waals surface area contributed by atoms with Crippen molar-refractivity contribution >= 4 is 18.0 Å². The molecule has 2 aromatic carbocycles. The van der Waals surface area contributed by atoms with Crippen molar-refractivity contribution < 1.29 is 24.2 Å². The van der Waals surface area contributed by atoms with E-state index in [2.05, 4.69) is 22.8 Å². The van der Waals surface area contributed by atoms with E-state index in [1.807, 2.05) is 36.4 Å². The summed E-state index contributed by atoms with van der Waals surface area (Å²) in [5.41, 5.74) is 2.21. The van der Waals surface area contributed by atoms with Gasteiger partial charge in [0.1, 0.15) is 12.1 Å². The summed E-state index contributed by atoms with van der Waals surface area (Å²) in [6.45, 7) is 6.34. The number of rotatable bonds is 7. The molecule has 2 aromatic rings. The van der Waals surface area contributed by atoms with Crippen LogP contribution in [0.5, 0.6) is 0 Å². The molecule has 7 heteroatoms. The van der Waals surface area contributed by atoms with E-state index in [-0.39, 0.29) is 18.9 Å². The molecular formula is C24H28N2O5. The van der Waals surface area contributed by atoms with Crippen molar-refractivity contribution in [1.29, 1.82) is 0 Å². The van der Waals surface area contributed by atoms with Gasteiger partial charge in [0.25, 0.3) is 0 Å². The predicted molar refractivity (Wildman–Crippen MR) is 117 cm³/mol. The number of carbonyl (C=O) groups is 3. The van der Waals surface area contributed by atoms with Crippen molar-refractivity contribution in [2.75, 3.05) is 6.61 Å². The predicted octanol–water partition coefficient (Wildman–Crippen LogP) is 3.67. The fraction of sp³-hybridized carbons (Fsp3) is 0.375. The molecule has 0 unspecified atom stereocenters. The molecule has 164 valence electrons. The summed E-state index contributed by atoms with van der Waals surface area (Å²) in [7, 11) is 0. The molecule has 3 rings (SSSR count). The minimum Gasteiger partial charge on any atom is -0.480 e. The van der Waals surface area contributed by atoms with E-state index >= 15 is 0 Å². The van der Waals surface area contributed by atoms with Crippen LogP contribution < -0.4 is 10.6 Å². The third kappa shape index (κ3) is 5.05. The van der Waals surface area contributed by atoms with E-state index in [1.165, 1.54) is 13.8 Å². The molecule has 0 heterocycles. The molecule has 0 bridgehead atoms. The first-order valence-corrected chi connectivity index (χ1v) is 10.2. The first-order chi connectivity index (χ1) is 14.5. The second kappa shape index (κ2) is 8.41. The minimum atomic E-state index is -1.39. The van der Waals surface area contributed by atoms with E-state index < -0.39 is 29.0 Å². The van der Waals surface area contributed by atoms with Crippen LogP contribution in [0.2, 0.25) is 0 Å². The number of amides is 2. The maximum absolute atomic E-state index is 12.5. The lowest BCUT2D eigenvalue weighted by molar-refractivity contribution is -0.146. The molecule has 31 heavy (non-hydrogen) atoms. The monoisotopic (exact) mass is 424 g/mol. The Labute approximate surface area is 181 Å². The molecular weight excluding hydrogens is 396 g/mol. The van der Waals surface area contributed by atoms with E-state index in [0.717, 1.165) is 22.3 Å². The van der Waals surface area contributed by atoms with Crippen molar-refractivity contribution in [2.45, 2.75) is 51.1 Å². The van der Waals surface area contributed by atoms with Crippen LogP contribution in [0.4, 0.5) is 4.79 Å². The standard InChI is InChI=1S/C24H28N2O5/c1-23(2,13-20(27)25-24(3,4)21(28)29)26-22(30)31-14-19-17-11-7-5-9-15(17)16-10-6-8-12-18(16)19/h5-12,19H,13-14H2,1-4H3,(H,25,27)(H,26,30)(H,28,29). The Morgan fingerprint density at radius 3 is 1.94 bits per heavy atom. The van der Waals surface area contributed by atoms with Crippen molar-refractivity contribution in [3.05, 3.63) is 59.7 Å². The lowest BCUT2D eigenvalue weighted by Gasteiger charge is -2.28. The zero-order chi connectivity index (χ0) is 22.8. The van der Waals surface area contributed by atoms with E-state index in [4.69, 9.17) is 9.84 Å². The third-order valence-corrected chi connectivity index (χ3v) is 5.37. The molecule has 7 nitrogen and oxygen atoms in total. The SMILES string of the molecule is CC(C)(CC(=O)NC(C)(C)C(=O)O)NC(=O)OCC1c2ccccc2-c2ccccc21. The molecule has 2 amide bonds. The van der Waals surface area contributed by atoms with Gasteiger partial charge >= 0.3 is 12.1 Å². The molecule has 0 saturated heterocycles. The van der Waals surface area contributed by atoms with Gasteiger partial charge in [-0.2, -0.15) is 0 Å². The van der Waals surface area contributed by atoms with Gasteiger partial charge in [-0.15, -0.1) is 0 Å². The summed E-state index contributed by atoms with van der Waals surface area (Å²) in [6, 6.07) is 16.1. The summed E-state index contributed by atoms with van der Waals surface area (Å²) >= 11 is 0. The van der Waals surface area contributed by atoms with Crippen molar-refractivity contribution in [3.8, 4) is 11.1 Å². The number of ether oxygens (including phenoxy) is 1. The summed E-state index contributed by atoms with van der Waals surface area (Å²) in [6.07, 6.45) is -0.717. The molecule has 0 radical (unpaired) electrons. The Morgan fingerprint density at radius 2 is 1.42 bits per heavy atom. The number of carbonyl (C=O) groups excluding carboxylic acids is 2. The molecule has 0 aliphatic heterocycles. The zero-order valence-corrected chi connectivity index (χ0v) is 18.2. The second-order valence-electron chi connectivity index (χ2n) is 8.99. The Kier molecular flexibility index (Phi) is 6.06. The zero-order valence-electron chi connectivity index (χ0n) is 18.2. The number of nitrogens with one attached hydrogen (secondary N) is 2. The number of aliphatic carboxylic acids is 1. The average molecular weight is 424 g/mol. The Balaban J connectivity index is 1.60. The van der Waals surface area contributed by atoms with Crippen LogP contribution in [0.3, 0.4) is 0 Å².